The van der Waals surface area contributed by atoms with E-state index in [1.54, 1.807) is 17.4 Å². The van der Waals surface area contributed by atoms with Crippen molar-refractivity contribution in [2.45, 2.75) is 77.9 Å². The van der Waals surface area contributed by atoms with Gasteiger partial charge in [-0.1, -0.05) is 68.8 Å². The lowest BCUT2D eigenvalue weighted by atomic mass is 9.85. The number of nitrogens with zero attached hydrogens (tertiary/aromatic N) is 3. The molecule has 2 fully saturated rings. The van der Waals surface area contributed by atoms with Gasteiger partial charge >= 0.3 is 12.1 Å². The van der Waals surface area contributed by atoms with E-state index in [1.807, 2.05) is 27.7 Å². The highest BCUT2D eigenvalue weighted by Crippen LogP contribution is 2.40. The first-order chi connectivity index (χ1) is 20.7. The Morgan fingerprint density at radius 2 is 1.75 bits per heavy atom. The zero-order valence-electron chi connectivity index (χ0n) is 26.3. The Kier molecular flexibility index (Phi) is 9.59. The number of carbonyl (C=O) groups is 1. The number of likely N-dealkylation sites (tertiary alicyclic amines) is 2. The molecule has 3 heterocycles. The first kappa shape index (κ1) is 32.6. The van der Waals surface area contributed by atoms with Crippen LogP contribution in [0.2, 0.25) is 0 Å². The molecule has 2 aliphatic heterocycles. The standard InChI is InChI=1S/C35H44F3N3O2S/c1-22-8-6-10-26(16-22)29-21-41(32(33(42)43)34(3,4)5)20-27(29)19-40-14-12-25(13-15-40)31-23(2)39-30(44-31)18-24-9-7-11-28(17-24)35(36,37)38/h6-11,16-17,25,27,29,32H,12-15,18-21H2,1-5H3,(H,42,43). The van der Waals surface area contributed by atoms with Gasteiger partial charge in [-0.05, 0) is 74.2 Å². The molecule has 0 radical (unpaired) electrons. The second kappa shape index (κ2) is 12.9. The number of carboxylic acid groups (broad SMARTS) is 1. The highest BCUT2D eigenvalue weighted by atomic mass is 32.1. The van der Waals surface area contributed by atoms with Crippen molar-refractivity contribution in [3.05, 3.63) is 86.4 Å². The van der Waals surface area contributed by atoms with Gasteiger partial charge in [0.05, 0.1) is 16.3 Å². The molecule has 5 nitrogen and oxygen atoms in total. The summed E-state index contributed by atoms with van der Waals surface area (Å²) in [5.41, 5.74) is 3.13. The molecule has 3 aromatic rings. The van der Waals surface area contributed by atoms with Crippen molar-refractivity contribution in [3.63, 3.8) is 0 Å². The largest absolute Gasteiger partial charge is 0.480 e. The first-order valence-electron chi connectivity index (χ1n) is 15.6. The number of carboxylic acids is 1. The second-order valence-electron chi connectivity index (χ2n) is 13.8. The minimum absolute atomic E-state index is 0.277. The van der Waals surface area contributed by atoms with E-state index >= 15 is 0 Å². The summed E-state index contributed by atoms with van der Waals surface area (Å²) < 4.78 is 39.6. The van der Waals surface area contributed by atoms with Crippen molar-refractivity contribution < 1.29 is 23.1 Å². The number of aryl methyl sites for hydroxylation is 2. The quantitative estimate of drug-likeness (QED) is 0.277. The number of aromatic nitrogens is 1. The highest BCUT2D eigenvalue weighted by molar-refractivity contribution is 7.11. The second-order valence-corrected chi connectivity index (χ2v) is 15.0. The average Bonchev–Trinajstić information content (AvgIpc) is 3.50. The van der Waals surface area contributed by atoms with E-state index in [4.69, 9.17) is 4.98 Å². The molecule has 5 rings (SSSR count). The predicted molar refractivity (Wildman–Crippen MR) is 169 cm³/mol. The third kappa shape index (κ3) is 7.54. The number of piperidine rings is 1. The first-order valence-corrected chi connectivity index (χ1v) is 16.4. The number of hydrogen-bond donors (Lipinski definition) is 1. The van der Waals surface area contributed by atoms with Gasteiger partial charge in [0.15, 0.2) is 0 Å². The maximum atomic E-state index is 13.2. The summed E-state index contributed by atoms with van der Waals surface area (Å²) in [6, 6.07) is 13.7. The van der Waals surface area contributed by atoms with E-state index in [0.717, 1.165) is 62.3 Å². The van der Waals surface area contributed by atoms with Crippen LogP contribution in [-0.4, -0.2) is 64.6 Å². The van der Waals surface area contributed by atoms with Crippen LogP contribution >= 0.6 is 11.3 Å². The lowest BCUT2D eigenvalue weighted by Gasteiger charge is -2.36. The Bertz CT molecular complexity index is 1460. The molecule has 9 heteroatoms. The van der Waals surface area contributed by atoms with Crippen molar-refractivity contribution in [2.75, 3.05) is 32.7 Å². The smallest absolute Gasteiger partial charge is 0.416 e. The van der Waals surface area contributed by atoms with Gasteiger partial charge in [-0.15, -0.1) is 11.3 Å². The number of rotatable bonds is 8. The third-order valence-corrected chi connectivity index (χ3v) is 10.6. The van der Waals surface area contributed by atoms with Crippen molar-refractivity contribution in [3.8, 4) is 0 Å². The lowest BCUT2D eigenvalue weighted by Crippen LogP contribution is -2.48. The summed E-state index contributed by atoms with van der Waals surface area (Å²) in [5, 5.41) is 11.0. The Labute approximate surface area is 263 Å². The monoisotopic (exact) mass is 627 g/mol. The normalized spacial score (nSPS) is 21.5. The van der Waals surface area contributed by atoms with Gasteiger partial charge < -0.3 is 10.0 Å². The molecule has 1 N–H and O–H groups in total. The van der Waals surface area contributed by atoms with Crippen LogP contribution in [0.5, 0.6) is 0 Å². The lowest BCUT2D eigenvalue weighted by molar-refractivity contribution is -0.147. The van der Waals surface area contributed by atoms with Crippen molar-refractivity contribution in [2.24, 2.45) is 11.3 Å². The summed E-state index contributed by atoms with van der Waals surface area (Å²) in [4.78, 5) is 23.1. The number of benzene rings is 2. The molecule has 3 unspecified atom stereocenters. The number of halogens is 3. The third-order valence-electron chi connectivity index (χ3n) is 9.30. The van der Waals surface area contributed by atoms with Crippen LogP contribution < -0.4 is 0 Å². The topological polar surface area (TPSA) is 56.7 Å². The van der Waals surface area contributed by atoms with Gasteiger partial charge in [0.25, 0.3) is 0 Å². The molecule has 1 aromatic heterocycles. The summed E-state index contributed by atoms with van der Waals surface area (Å²) in [6.07, 6.45) is -1.93. The molecule has 0 amide bonds. The molecule has 2 aromatic carbocycles. The fourth-order valence-corrected chi connectivity index (χ4v) is 8.59. The molecular formula is C35H44F3N3O2S. The van der Waals surface area contributed by atoms with Gasteiger partial charge in [0.1, 0.15) is 6.04 Å². The van der Waals surface area contributed by atoms with E-state index in [9.17, 15) is 23.1 Å². The van der Waals surface area contributed by atoms with Gasteiger partial charge in [-0.2, -0.15) is 13.2 Å². The molecule has 2 aliphatic rings. The molecule has 0 saturated carbocycles. The molecule has 0 aliphatic carbocycles. The predicted octanol–water partition coefficient (Wildman–Crippen LogP) is 7.76. The molecule has 44 heavy (non-hydrogen) atoms. The van der Waals surface area contributed by atoms with Crippen molar-refractivity contribution >= 4 is 17.3 Å². The Morgan fingerprint density at radius 1 is 1.05 bits per heavy atom. The minimum Gasteiger partial charge on any atom is -0.480 e. The van der Waals surface area contributed by atoms with Gasteiger partial charge in [0.2, 0.25) is 0 Å². The number of hydrogen-bond acceptors (Lipinski definition) is 5. The summed E-state index contributed by atoms with van der Waals surface area (Å²) >= 11 is 1.64. The molecular weight excluding hydrogens is 583 g/mol. The van der Waals surface area contributed by atoms with E-state index < -0.39 is 23.8 Å². The van der Waals surface area contributed by atoms with Gasteiger partial charge in [0, 0.05) is 36.9 Å². The van der Waals surface area contributed by atoms with E-state index in [-0.39, 0.29) is 11.3 Å². The zero-order valence-corrected chi connectivity index (χ0v) is 27.1. The summed E-state index contributed by atoms with van der Waals surface area (Å²) in [7, 11) is 0. The molecule has 0 spiro atoms. The molecule has 0 bridgehead atoms. The van der Waals surface area contributed by atoms with E-state index in [2.05, 4.69) is 41.0 Å². The SMILES string of the molecule is Cc1cccc(C2CN(C(C(=O)O)C(C)(C)C)CC2CN2CCC(c3sc(Cc4cccc(C(F)(F)F)c4)nc3C)CC2)c1. The Hall–Kier alpha value is -2.75. The average molecular weight is 628 g/mol. The van der Waals surface area contributed by atoms with Crippen LogP contribution in [0.1, 0.15) is 83.3 Å². The molecule has 238 valence electrons. The van der Waals surface area contributed by atoms with Crippen LogP contribution in [0.3, 0.4) is 0 Å². The summed E-state index contributed by atoms with van der Waals surface area (Å²) in [6.45, 7) is 14.5. The maximum absolute atomic E-state index is 13.2. The van der Waals surface area contributed by atoms with Gasteiger partial charge in [-0.25, -0.2) is 4.98 Å². The molecule has 3 atom stereocenters. The van der Waals surface area contributed by atoms with Crippen LogP contribution in [0, 0.1) is 25.2 Å². The highest BCUT2D eigenvalue weighted by Gasteiger charge is 2.44. The minimum atomic E-state index is -4.35. The van der Waals surface area contributed by atoms with Crippen LogP contribution in [-0.2, 0) is 17.4 Å². The van der Waals surface area contributed by atoms with Crippen molar-refractivity contribution in [1.29, 1.82) is 0 Å². The molecule has 2 saturated heterocycles. The number of thiazole rings is 1. The van der Waals surface area contributed by atoms with Crippen molar-refractivity contribution in [1.82, 2.24) is 14.8 Å². The zero-order chi connectivity index (χ0) is 31.8. The number of alkyl halides is 3. The fraction of sp³-hybridized carbons (Fsp3) is 0.543. The Morgan fingerprint density at radius 3 is 2.39 bits per heavy atom. The Balaban J connectivity index is 1.25. The fourth-order valence-electron chi connectivity index (χ4n) is 7.31. The van der Waals surface area contributed by atoms with E-state index in [1.165, 1.54) is 28.1 Å². The van der Waals surface area contributed by atoms with Crippen LogP contribution in [0.25, 0.3) is 0 Å². The van der Waals surface area contributed by atoms with Crippen LogP contribution in [0.15, 0.2) is 48.5 Å². The van der Waals surface area contributed by atoms with E-state index in [0.29, 0.717) is 23.8 Å². The summed E-state index contributed by atoms with van der Waals surface area (Å²) in [5.74, 6) is 0.249. The maximum Gasteiger partial charge on any atom is 0.416 e. The van der Waals surface area contributed by atoms with Gasteiger partial charge in [-0.3, -0.25) is 9.69 Å². The van der Waals surface area contributed by atoms with Crippen LogP contribution in [0.4, 0.5) is 13.2 Å². The number of aliphatic carboxylic acids is 1.